The van der Waals surface area contributed by atoms with Crippen molar-refractivity contribution in [3.05, 3.63) is 65.2 Å². The van der Waals surface area contributed by atoms with Gasteiger partial charge >= 0.3 is 0 Å². The lowest BCUT2D eigenvalue weighted by molar-refractivity contribution is -0.115. The van der Waals surface area contributed by atoms with E-state index >= 15 is 0 Å². The van der Waals surface area contributed by atoms with Crippen molar-refractivity contribution in [3.63, 3.8) is 0 Å². The second-order valence-electron chi connectivity index (χ2n) is 5.24. The van der Waals surface area contributed by atoms with E-state index in [0.717, 1.165) is 16.8 Å². The lowest BCUT2D eigenvalue weighted by Gasteiger charge is -2.17. The van der Waals surface area contributed by atoms with Gasteiger partial charge in [0.15, 0.2) is 0 Å². The third-order valence-corrected chi connectivity index (χ3v) is 3.59. The van der Waals surface area contributed by atoms with Gasteiger partial charge in [0, 0.05) is 24.8 Å². The maximum Gasteiger partial charge on any atom is 0.253 e. The van der Waals surface area contributed by atoms with E-state index in [1.54, 1.807) is 30.1 Å². The van der Waals surface area contributed by atoms with Crippen LogP contribution < -0.4 is 5.32 Å². The largest absolute Gasteiger partial charge is 0.337 e. The normalized spacial score (nSPS) is 12.7. The van der Waals surface area contributed by atoms with Gasteiger partial charge in [0.1, 0.15) is 0 Å². The van der Waals surface area contributed by atoms with Gasteiger partial charge in [-0.25, -0.2) is 0 Å². The average Bonchev–Trinajstić information content (AvgIpc) is 2.86. The quantitative estimate of drug-likeness (QED) is 0.939. The van der Waals surface area contributed by atoms with Gasteiger partial charge in [0.25, 0.3) is 5.91 Å². The highest BCUT2D eigenvalue weighted by atomic mass is 16.2. The first kappa shape index (κ1) is 13.4. The fourth-order valence-electron chi connectivity index (χ4n) is 2.51. The molecule has 2 aromatic rings. The zero-order valence-electron chi connectivity index (χ0n) is 11.8. The van der Waals surface area contributed by atoms with Crippen molar-refractivity contribution in [1.29, 1.82) is 0 Å². The van der Waals surface area contributed by atoms with Crippen LogP contribution in [0.5, 0.6) is 0 Å². The first-order valence-electron chi connectivity index (χ1n) is 6.85. The number of carbonyl (C=O) groups excluding carboxylic acids is 2. The molecule has 1 N–H and O–H groups in total. The molecule has 0 saturated carbocycles. The van der Waals surface area contributed by atoms with Gasteiger partial charge in [0.2, 0.25) is 5.91 Å². The number of hydrogen-bond donors (Lipinski definition) is 1. The van der Waals surface area contributed by atoms with E-state index in [1.807, 2.05) is 30.3 Å². The molecule has 4 nitrogen and oxygen atoms in total. The molecule has 0 aromatic heterocycles. The Kier molecular flexibility index (Phi) is 3.44. The predicted octanol–water partition coefficient (Wildman–Crippen LogP) is 2.45. The molecule has 2 aromatic carbocycles. The molecule has 1 aliphatic heterocycles. The van der Waals surface area contributed by atoms with Crippen molar-refractivity contribution in [1.82, 2.24) is 4.90 Å². The molecule has 4 heteroatoms. The fraction of sp³-hybridized carbons (Fsp3) is 0.176. The minimum absolute atomic E-state index is 0.0211. The van der Waals surface area contributed by atoms with Crippen molar-refractivity contribution in [2.75, 3.05) is 12.4 Å². The molecule has 106 valence electrons. The van der Waals surface area contributed by atoms with Crippen molar-refractivity contribution >= 4 is 17.5 Å². The number of hydrogen-bond acceptors (Lipinski definition) is 2. The standard InChI is InChI=1S/C17H16N2O2/c1-19(11-12-5-3-2-4-6-12)17(21)13-7-8-15-14(9-13)10-16(20)18-15/h2-9H,10-11H2,1H3,(H,18,20). The van der Waals surface area contributed by atoms with E-state index in [0.29, 0.717) is 18.5 Å². The Labute approximate surface area is 123 Å². The summed E-state index contributed by atoms with van der Waals surface area (Å²) in [4.78, 5) is 25.5. The second-order valence-corrected chi connectivity index (χ2v) is 5.24. The minimum atomic E-state index is -0.0407. The SMILES string of the molecule is CN(Cc1ccccc1)C(=O)c1ccc2c(c1)CC(=O)N2. The molecule has 3 rings (SSSR count). The van der Waals surface area contributed by atoms with Gasteiger partial charge in [-0.3, -0.25) is 9.59 Å². The summed E-state index contributed by atoms with van der Waals surface area (Å²) in [6.07, 6.45) is 0.346. The third kappa shape index (κ3) is 2.79. The summed E-state index contributed by atoms with van der Waals surface area (Å²) in [7, 11) is 1.78. The molecular weight excluding hydrogens is 264 g/mol. The van der Waals surface area contributed by atoms with Crippen LogP contribution in [-0.2, 0) is 17.8 Å². The molecule has 1 aliphatic rings. The highest BCUT2D eigenvalue weighted by Gasteiger charge is 2.20. The number of rotatable bonds is 3. The smallest absolute Gasteiger partial charge is 0.253 e. The Hall–Kier alpha value is -2.62. The van der Waals surface area contributed by atoms with Crippen molar-refractivity contribution in [2.24, 2.45) is 0 Å². The van der Waals surface area contributed by atoms with Crippen molar-refractivity contribution in [3.8, 4) is 0 Å². The van der Waals surface area contributed by atoms with Crippen LogP contribution in [0.4, 0.5) is 5.69 Å². The number of amides is 2. The van der Waals surface area contributed by atoms with E-state index in [2.05, 4.69) is 5.32 Å². The number of nitrogens with one attached hydrogen (secondary N) is 1. The van der Waals surface area contributed by atoms with Crippen LogP contribution in [-0.4, -0.2) is 23.8 Å². The van der Waals surface area contributed by atoms with E-state index in [1.165, 1.54) is 0 Å². The minimum Gasteiger partial charge on any atom is -0.337 e. The van der Waals surface area contributed by atoms with Crippen LogP contribution in [0.25, 0.3) is 0 Å². The monoisotopic (exact) mass is 280 g/mol. The molecule has 2 amide bonds. The van der Waals surface area contributed by atoms with E-state index in [9.17, 15) is 9.59 Å². The van der Waals surface area contributed by atoms with Crippen LogP contribution in [0.2, 0.25) is 0 Å². The molecule has 0 radical (unpaired) electrons. The fourth-order valence-corrected chi connectivity index (χ4v) is 2.51. The number of nitrogens with zero attached hydrogens (tertiary/aromatic N) is 1. The van der Waals surface area contributed by atoms with Gasteiger partial charge in [-0.15, -0.1) is 0 Å². The molecule has 0 saturated heterocycles. The van der Waals surface area contributed by atoms with Crippen LogP contribution in [0.1, 0.15) is 21.5 Å². The van der Waals surface area contributed by atoms with Gasteiger partial charge in [-0.05, 0) is 29.3 Å². The third-order valence-electron chi connectivity index (χ3n) is 3.59. The number of benzene rings is 2. The Bertz CT molecular complexity index is 695. The first-order chi connectivity index (χ1) is 10.1. The summed E-state index contributed by atoms with van der Waals surface area (Å²) in [6.45, 7) is 0.563. The number of carbonyl (C=O) groups is 2. The predicted molar refractivity (Wildman–Crippen MR) is 81.0 cm³/mol. The highest BCUT2D eigenvalue weighted by molar-refractivity contribution is 6.01. The van der Waals surface area contributed by atoms with Crippen molar-refractivity contribution < 1.29 is 9.59 Å². The molecule has 1 heterocycles. The zero-order valence-corrected chi connectivity index (χ0v) is 11.8. The summed E-state index contributed by atoms with van der Waals surface area (Å²) in [5.41, 5.74) is 3.40. The van der Waals surface area contributed by atoms with Crippen LogP contribution in [0.15, 0.2) is 48.5 Å². The Morgan fingerprint density at radius 1 is 1.19 bits per heavy atom. The molecular formula is C17H16N2O2. The number of anilines is 1. The average molecular weight is 280 g/mol. The molecule has 21 heavy (non-hydrogen) atoms. The summed E-state index contributed by atoms with van der Waals surface area (Å²) in [6, 6.07) is 15.2. The van der Waals surface area contributed by atoms with E-state index in [4.69, 9.17) is 0 Å². The lowest BCUT2D eigenvalue weighted by Crippen LogP contribution is -2.26. The Balaban J connectivity index is 1.76. The summed E-state index contributed by atoms with van der Waals surface area (Å²) in [5.74, 6) is -0.0618. The molecule has 0 bridgehead atoms. The summed E-state index contributed by atoms with van der Waals surface area (Å²) >= 11 is 0. The maximum atomic E-state index is 12.5. The van der Waals surface area contributed by atoms with Gasteiger partial charge in [-0.2, -0.15) is 0 Å². The molecule has 0 atom stereocenters. The molecule has 0 aliphatic carbocycles. The van der Waals surface area contributed by atoms with E-state index < -0.39 is 0 Å². The second kappa shape index (κ2) is 5.40. The molecule has 0 unspecified atom stereocenters. The topological polar surface area (TPSA) is 49.4 Å². The highest BCUT2D eigenvalue weighted by Crippen LogP contribution is 2.24. The van der Waals surface area contributed by atoms with Crippen molar-refractivity contribution in [2.45, 2.75) is 13.0 Å². The van der Waals surface area contributed by atoms with Crippen LogP contribution in [0.3, 0.4) is 0 Å². The van der Waals surface area contributed by atoms with Gasteiger partial charge in [-0.1, -0.05) is 30.3 Å². The molecule has 0 spiro atoms. The first-order valence-corrected chi connectivity index (χ1v) is 6.85. The Morgan fingerprint density at radius 3 is 2.71 bits per heavy atom. The molecule has 0 fully saturated rings. The summed E-state index contributed by atoms with van der Waals surface area (Å²) < 4.78 is 0. The lowest BCUT2D eigenvalue weighted by atomic mass is 10.1. The number of fused-ring (bicyclic) bond motifs is 1. The summed E-state index contributed by atoms with van der Waals surface area (Å²) in [5, 5.41) is 2.77. The van der Waals surface area contributed by atoms with Crippen LogP contribution >= 0.6 is 0 Å². The van der Waals surface area contributed by atoms with E-state index in [-0.39, 0.29) is 11.8 Å². The Morgan fingerprint density at radius 2 is 1.95 bits per heavy atom. The zero-order chi connectivity index (χ0) is 14.8. The maximum absolute atomic E-state index is 12.5. The van der Waals surface area contributed by atoms with Crippen LogP contribution in [0, 0.1) is 0 Å². The van der Waals surface area contributed by atoms with Gasteiger partial charge in [0.05, 0.1) is 6.42 Å². The van der Waals surface area contributed by atoms with Gasteiger partial charge < -0.3 is 10.2 Å².